The summed E-state index contributed by atoms with van der Waals surface area (Å²) in [6, 6.07) is 2.01. The van der Waals surface area contributed by atoms with E-state index in [9.17, 15) is 0 Å². The summed E-state index contributed by atoms with van der Waals surface area (Å²) in [5, 5.41) is 3.45. The number of hydrogen-bond acceptors (Lipinski definition) is 3. The summed E-state index contributed by atoms with van der Waals surface area (Å²) in [6.07, 6.45) is 3.04. The molecule has 0 radical (unpaired) electrons. The van der Waals surface area contributed by atoms with E-state index in [4.69, 9.17) is 9.15 Å². The Morgan fingerprint density at radius 2 is 2.12 bits per heavy atom. The lowest BCUT2D eigenvalue weighted by atomic mass is 10.1. The molecular formula is C14H25NO2. The van der Waals surface area contributed by atoms with Crippen LogP contribution in [0.3, 0.4) is 0 Å². The lowest BCUT2D eigenvalue weighted by molar-refractivity contribution is 0.0400. The minimum absolute atomic E-state index is 0.117. The van der Waals surface area contributed by atoms with E-state index in [1.54, 1.807) is 6.26 Å². The van der Waals surface area contributed by atoms with E-state index in [-0.39, 0.29) is 11.6 Å². The van der Waals surface area contributed by atoms with Crippen molar-refractivity contribution in [1.29, 1.82) is 0 Å². The fourth-order valence-electron chi connectivity index (χ4n) is 1.35. The Morgan fingerprint density at radius 1 is 1.41 bits per heavy atom. The topological polar surface area (TPSA) is 34.4 Å². The van der Waals surface area contributed by atoms with Crippen LogP contribution in [0, 0.1) is 0 Å². The van der Waals surface area contributed by atoms with Crippen LogP contribution in [0.1, 0.15) is 52.4 Å². The maximum atomic E-state index is 5.69. The molecule has 0 saturated heterocycles. The monoisotopic (exact) mass is 239 g/mol. The van der Waals surface area contributed by atoms with Crippen LogP contribution in [0.15, 0.2) is 16.7 Å². The Morgan fingerprint density at radius 3 is 2.71 bits per heavy atom. The van der Waals surface area contributed by atoms with Crippen LogP contribution in [-0.2, 0) is 17.9 Å². The normalized spacial score (nSPS) is 13.9. The van der Waals surface area contributed by atoms with E-state index in [0.717, 1.165) is 18.7 Å². The zero-order chi connectivity index (χ0) is 12.9. The zero-order valence-corrected chi connectivity index (χ0v) is 11.7. The summed E-state index contributed by atoms with van der Waals surface area (Å²) in [4.78, 5) is 0. The highest BCUT2D eigenvalue weighted by Gasteiger charge is 2.12. The van der Waals surface area contributed by atoms with Crippen LogP contribution < -0.4 is 5.32 Å². The Bertz CT molecular complexity index is 325. The van der Waals surface area contributed by atoms with Gasteiger partial charge in [-0.3, -0.25) is 0 Å². The number of hydrogen-bond donors (Lipinski definition) is 1. The predicted octanol–water partition coefficient (Wildman–Crippen LogP) is 3.48. The molecule has 1 aromatic rings. The van der Waals surface area contributed by atoms with Crippen molar-refractivity contribution in [3.05, 3.63) is 23.7 Å². The molecule has 1 atom stereocenters. The zero-order valence-electron chi connectivity index (χ0n) is 11.7. The van der Waals surface area contributed by atoms with Crippen LogP contribution in [0.25, 0.3) is 0 Å². The lowest BCUT2D eigenvalue weighted by Crippen LogP contribution is -2.35. The maximum absolute atomic E-state index is 5.69. The van der Waals surface area contributed by atoms with Crippen molar-refractivity contribution in [2.24, 2.45) is 0 Å². The highest BCUT2D eigenvalue weighted by atomic mass is 16.5. The quantitative estimate of drug-likeness (QED) is 0.825. The highest BCUT2D eigenvalue weighted by Crippen LogP contribution is 2.14. The molecule has 0 bridgehead atoms. The molecule has 0 aliphatic carbocycles. The minimum atomic E-state index is 0.117. The van der Waals surface area contributed by atoms with Gasteiger partial charge in [0.15, 0.2) is 0 Å². The molecule has 1 rings (SSSR count). The van der Waals surface area contributed by atoms with Gasteiger partial charge in [-0.15, -0.1) is 0 Å². The van der Waals surface area contributed by atoms with Crippen molar-refractivity contribution >= 4 is 0 Å². The van der Waals surface area contributed by atoms with E-state index in [1.165, 1.54) is 5.56 Å². The first-order valence-electron chi connectivity index (χ1n) is 6.34. The minimum Gasteiger partial charge on any atom is -0.467 e. The van der Waals surface area contributed by atoms with Crippen molar-refractivity contribution in [3.8, 4) is 0 Å². The molecule has 1 heterocycles. The first-order valence-corrected chi connectivity index (χ1v) is 6.34. The van der Waals surface area contributed by atoms with Crippen molar-refractivity contribution in [2.45, 2.75) is 65.8 Å². The fourth-order valence-corrected chi connectivity index (χ4v) is 1.35. The van der Waals surface area contributed by atoms with Crippen LogP contribution in [0.2, 0.25) is 0 Å². The average molecular weight is 239 g/mol. The average Bonchev–Trinajstić information content (AvgIpc) is 2.69. The third-order valence-electron chi connectivity index (χ3n) is 2.72. The van der Waals surface area contributed by atoms with E-state index >= 15 is 0 Å². The van der Waals surface area contributed by atoms with Gasteiger partial charge in [-0.1, -0.05) is 6.92 Å². The van der Waals surface area contributed by atoms with E-state index in [0.29, 0.717) is 6.61 Å². The summed E-state index contributed by atoms with van der Waals surface area (Å²) in [7, 11) is 0. The van der Waals surface area contributed by atoms with E-state index < -0.39 is 0 Å². The molecule has 0 saturated carbocycles. The molecule has 98 valence electrons. The Labute approximate surface area is 105 Å². The molecular weight excluding hydrogens is 214 g/mol. The third kappa shape index (κ3) is 5.37. The summed E-state index contributed by atoms with van der Waals surface area (Å²) >= 11 is 0. The van der Waals surface area contributed by atoms with Gasteiger partial charge in [0.25, 0.3) is 0 Å². The van der Waals surface area contributed by atoms with Gasteiger partial charge in [-0.2, -0.15) is 0 Å². The van der Waals surface area contributed by atoms with Crippen molar-refractivity contribution in [3.63, 3.8) is 0 Å². The molecule has 1 N–H and O–H groups in total. The molecule has 0 aliphatic rings. The summed E-state index contributed by atoms with van der Waals surface area (Å²) in [6.45, 7) is 12.0. The standard InChI is InChI=1S/C14H25NO2/c1-6-11(2)17-10-13-12(7-8-16-13)9-15-14(3,4)5/h7-8,11,15H,6,9-10H2,1-5H3. The van der Waals surface area contributed by atoms with Gasteiger partial charge in [0, 0.05) is 17.6 Å². The molecule has 3 heteroatoms. The largest absolute Gasteiger partial charge is 0.467 e. The molecule has 0 aliphatic heterocycles. The second kappa shape index (κ2) is 6.22. The molecule has 0 fully saturated rings. The molecule has 0 aromatic carbocycles. The summed E-state index contributed by atoms with van der Waals surface area (Å²) < 4.78 is 11.1. The highest BCUT2D eigenvalue weighted by molar-refractivity contribution is 5.16. The first kappa shape index (κ1) is 14.3. The summed E-state index contributed by atoms with van der Waals surface area (Å²) in [5.74, 6) is 0.932. The number of rotatable bonds is 6. The van der Waals surface area contributed by atoms with Crippen LogP contribution >= 0.6 is 0 Å². The summed E-state index contributed by atoms with van der Waals surface area (Å²) in [5.41, 5.74) is 1.30. The second-order valence-corrected chi connectivity index (χ2v) is 5.50. The van der Waals surface area contributed by atoms with Crippen molar-refractivity contribution in [1.82, 2.24) is 5.32 Å². The molecule has 1 aromatic heterocycles. The fraction of sp³-hybridized carbons (Fsp3) is 0.714. The van der Waals surface area contributed by atoms with Crippen molar-refractivity contribution in [2.75, 3.05) is 0 Å². The van der Waals surface area contributed by atoms with Gasteiger partial charge in [-0.25, -0.2) is 0 Å². The van der Waals surface area contributed by atoms with Gasteiger partial charge < -0.3 is 14.5 Å². The van der Waals surface area contributed by atoms with Crippen LogP contribution in [-0.4, -0.2) is 11.6 Å². The first-order chi connectivity index (χ1) is 7.92. The molecule has 17 heavy (non-hydrogen) atoms. The lowest BCUT2D eigenvalue weighted by Gasteiger charge is -2.20. The molecule has 1 unspecified atom stereocenters. The maximum Gasteiger partial charge on any atom is 0.133 e. The molecule has 0 amide bonds. The number of nitrogens with one attached hydrogen (secondary N) is 1. The van der Waals surface area contributed by atoms with Gasteiger partial charge in [0.1, 0.15) is 12.4 Å². The van der Waals surface area contributed by atoms with Crippen molar-refractivity contribution < 1.29 is 9.15 Å². The smallest absolute Gasteiger partial charge is 0.133 e. The second-order valence-electron chi connectivity index (χ2n) is 5.50. The van der Waals surface area contributed by atoms with Gasteiger partial charge >= 0.3 is 0 Å². The Balaban J connectivity index is 2.48. The van der Waals surface area contributed by atoms with E-state index in [2.05, 4.69) is 39.9 Å². The van der Waals surface area contributed by atoms with Gasteiger partial charge in [-0.05, 0) is 40.2 Å². The Hall–Kier alpha value is -0.800. The Kier molecular flexibility index (Phi) is 5.22. The molecule has 3 nitrogen and oxygen atoms in total. The van der Waals surface area contributed by atoms with Gasteiger partial charge in [0.05, 0.1) is 12.4 Å². The van der Waals surface area contributed by atoms with Crippen LogP contribution in [0.5, 0.6) is 0 Å². The van der Waals surface area contributed by atoms with Crippen LogP contribution in [0.4, 0.5) is 0 Å². The predicted molar refractivity (Wildman–Crippen MR) is 69.8 cm³/mol. The third-order valence-corrected chi connectivity index (χ3v) is 2.72. The number of furan rings is 1. The van der Waals surface area contributed by atoms with E-state index in [1.807, 2.05) is 6.07 Å². The molecule has 0 spiro atoms. The SMILES string of the molecule is CCC(C)OCc1occc1CNC(C)(C)C. The van der Waals surface area contributed by atoms with Gasteiger partial charge in [0.2, 0.25) is 0 Å². The number of ether oxygens (including phenoxy) is 1.